The number of thioether (sulfide) groups is 1. The molecule has 0 saturated carbocycles. The minimum Gasteiger partial charge on any atom is -0.462 e. The fourth-order valence-corrected chi connectivity index (χ4v) is 5.26. The lowest BCUT2D eigenvalue weighted by molar-refractivity contribution is 0.0525. The number of esters is 1. The van der Waals surface area contributed by atoms with Gasteiger partial charge in [0.15, 0.2) is 5.16 Å². The number of aromatic amines is 1. The number of nitrogens with one attached hydrogen (secondary N) is 1. The number of aromatic nitrogens is 6. The van der Waals surface area contributed by atoms with Crippen molar-refractivity contribution in [2.45, 2.75) is 64.4 Å². The van der Waals surface area contributed by atoms with Gasteiger partial charge in [-0.2, -0.15) is 0 Å². The van der Waals surface area contributed by atoms with Gasteiger partial charge >= 0.3 is 5.97 Å². The molecule has 10 nitrogen and oxygen atoms in total. The van der Waals surface area contributed by atoms with Gasteiger partial charge in [0, 0.05) is 64.7 Å². The van der Waals surface area contributed by atoms with Crippen molar-refractivity contribution in [2.24, 2.45) is 0 Å². The van der Waals surface area contributed by atoms with E-state index in [0.717, 1.165) is 45.0 Å². The predicted octanol–water partition coefficient (Wildman–Crippen LogP) is 10.2. The smallest absolute Gasteiger partial charge is 0.339 e. The van der Waals surface area contributed by atoms with Crippen molar-refractivity contribution in [3.05, 3.63) is 140 Å². The first-order chi connectivity index (χ1) is 24.3. The van der Waals surface area contributed by atoms with E-state index in [-0.39, 0.29) is 22.2 Å². The van der Waals surface area contributed by atoms with Crippen LogP contribution in [0.4, 0.5) is 0 Å². The summed E-state index contributed by atoms with van der Waals surface area (Å²) in [4.78, 5) is 45.8. The topological polar surface area (TPSA) is 144 Å². The number of aliphatic hydroxyl groups is 1. The molecule has 0 amide bonds. The maximum atomic E-state index is 11.3. The van der Waals surface area contributed by atoms with E-state index in [1.54, 1.807) is 44.6 Å². The van der Waals surface area contributed by atoms with Crippen molar-refractivity contribution in [2.75, 3.05) is 6.61 Å². The molecular weight excluding hydrogens is 951 g/mol. The maximum absolute atomic E-state index is 11.3. The minimum atomic E-state index is -0.303. The number of rotatable bonds is 7. The Labute approximate surface area is 337 Å². The van der Waals surface area contributed by atoms with E-state index in [1.165, 1.54) is 23.4 Å². The first-order valence-corrected chi connectivity index (χ1v) is 24.8. The molecule has 2 N–H and O–H groups in total. The highest BCUT2D eigenvalue weighted by atomic mass is 80.0. The number of H-pyrrole nitrogens is 1. The van der Waals surface area contributed by atoms with Crippen LogP contribution < -0.4 is 5.56 Å². The van der Waals surface area contributed by atoms with Gasteiger partial charge in [0.05, 0.1) is 24.5 Å². The molecule has 0 aromatic carbocycles. The SMILES string of the molecule is BrP(Br)Br.CCOC(=O)c1cccnc1C.Cc1cc(=O)[nH]c(SCc2cccnc2C)n1.Cc1ncccc1CBr.Cc1ncccc1CO. The Hall–Kier alpha value is -2.39. The summed E-state index contributed by atoms with van der Waals surface area (Å²) in [6.45, 7) is 11.7. The number of nitrogens with zero attached hydrogens (tertiary/aromatic N) is 5. The van der Waals surface area contributed by atoms with E-state index in [9.17, 15) is 9.59 Å². The second-order valence-corrected chi connectivity index (χ2v) is 26.9. The Balaban J connectivity index is 0.000000339. The molecule has 16 heteroatoms. The van der Waals surface area contributed by atoms with Crippen LogP contribution in [0, 0.1) is 34.6 Å². The van der Waals surface area contributed by atoms with Crippen LogP contribution in [0.25, 0.3) is 0 Å². The molecule has 0 unspecified atom stereocenters. The molecule has 0 radical (unpaired) electrons. The van der Waals surface area contributed by atoms with E-state index in [1.807, 2.05) is 64.2 Å². The van der Waals surface area contributed by atoms with Crippen LogP contribution in [-0.4, -0.2) is 47.6 Å². The first kappa shape index (κ1) is 46.6. The van der Waals surface area contributed by atoms with Crippen LogP contribution in [-0.2, 0) is 22.4 Å². The summed E-state index contributed by atoms with van der Waals surface area (Å²) in [5, 5.41) is 10.2. The lowest BCUT2D eigenvalue weighted by Gasteiger charge is -2.04. The van der Waals surface area contributed by atoms with E-state index < -0.39 is 0 Å². The second-order valence-electron chi connectivity index (χ2n) is 10.1. The highest BCUT2D eigenvalue weighted by Crippen LogP contribution is 2.59. The largest absolute Gasteiger partial charge is 0.462 e. The highest BCUT2D eigenvalue weighted by Gasteiger charge is 2.08. The van der Waals surface area contributed by atoms with Gasteiger partial charge in [-0.15, -0.1) is 0 Å². The standard InChI is InChI=1S/C12H13N3OS.C9H11NO2.C7H8BrN.C7H9NO.Br3P/c1-8-6-11(16)15-12(14-8)17-7-10-4-3-5-13-9(10)2;1-3-12-9(11)8-5-4-6-10-7(8)2;1-6-7(5-8)3-2-4-9-6;1-6-7(5-9)3-2-4-8-6;1-4(2)3/h3-6H,7H2,1-2H3,(H,14,15,16);4-6H,3H2,1-2H3;2-4H,5H2,1H3;2-4,9H,5H2,1H3;. The van der Waals surface area contributed by atoms with Crippen LogP contribution in [0.15, 0.2) is 89.3 Å². The van der Waals surface area contributed by atoms with Gasteiger partial charge in [0.25, 0.3) is 5.56 Å². The van der Waals surface area contributed by atoms with Gasteiger partial charge in [0.1, 0.15) is 4.03 Å². The first-order valence-electron chi connectivity index (χ1n) is 15.3. The zero-order valence-corrected chi connectivity index (χ0v) is 37.2. The molecule has 0 saturated heterocycles. The molecule has 0 aliphatic rings. The van der Waals surface area contributed by atoms with E-state index in [2.05, 4.69) is 98.4 Å². The number of halogens is 4. The molecule has 274 valence electrons. The Morgan fingerprint density at radius 2 is 1.27 bits per heavy atom. The lowest BCUT2D eigenvalue weighted by Crippen LogP contribution is -2.08. The number of aliphatic hydroxyl groups excluding tert-OH is 1. The fraction of sp³-hybridized carbons (Fsp3) is 0.286. The third-order valence-electron chi connectivity index (χ3n) is 6.38. The normalized spacial score (nSPS) is 9.80. The van der Waals surface area contributed by atoms with Crippen LogP contribution in [0.1, 0.15) is 62.4 Å². The number of hydrogen-bond donors (Lipinski definition) is 2. The van der Waals surface area contributed by atoms with Crippen molar-refractivity contribution in [1.82, 2.24) is 29.9 Å². The van der Waals surface area contributed by atoms with Crippen molar-refractivity contribution in [3.8, 4) is 0 Å². The van der Waals surface area contributed by atoms with Gasteiger partial charge in [0.2, 0.25) is 0 Å². The molecule has 0 aliphatic carbocycles. The third-order valence-corrected chi connectivity index (χ3v) is 7.90. The molecule has 51 heavy (non-hydrogen) atoms. The number of carbonyl (C=O) groups is 1. The molecule has 0 aliphatic heterocycles. The summed E-state index contributed by atoms with van der Waals surface area (Å²) in [6.07, 6.45) is 6.95. The van der Waals surface area contributed by atoms with Crippen LogP contribution in [0.2, 0.25) is 0 Å². The number of hydrogen-bond acceptors (Lipinski definition) is 10. The van der Waals surface area contributed by atoms with Gasteiger partial charge in [-0.25, -0.2) is 9.78 Å². The number of carbonyl (C=O) groups excluding carboxylic acids is 1. The van der Waals surface area contributed by atoms with Crippen molar-refractivity contribution in [3.63, 3.8) is 0 Å². The van der Waals surface area contributed by atoms with E-state index in [0.29, 0.717) is 23.0 Å². The summed E-state index contributed by atoms with van der Waals surface area (Å²) in [5.41, 5.74) is 8.21. The Morgan fingerprint density at radius 3 is 1.67 bits per heavy atom. The van der Waals surface area contributed by atoms with Gasteiger partial charge in [-0.3, -0.25) is 24.7 Å². The average molecular weight is 992 g/mol. The van der Waals surface area contributed by atoms with Crippen molar-refractivity contribution < 1.29 is 14.6 Å². The Bertz CT molecular complexity index is 1770. The highest BCUT2D eigenvalue weighted by molar-refractivity contribution is 9.93. The second kappa shape index (κ2) is 27.2. The summed E-state index contributed by atoms with van der Waals surface area (Å²) < 4.78 is 4.65. The monoisotopic (exact) mass is 988 g/mol. The summed E-state index contributed by atoms with van der Waals surface area (Å²) in [5.74, 6) is 0.453. The van der Waals surface area contributed by atoms with Crippen LogP contribution in [0.5, 0.6) is 0 Å². The third kappa shape index (κ3) is 20.4. The van der Waals surface area contributed by atoms with Gasteiger partial charge in [-0.1, -0.05) is 45.9 Å². The average Bonchev–Trinajstić information content (AvgIpc) is 3.09. The Morgan fingerprint density at radius 1 is 0.804 bits per heavy atom. The predicted molar refractivity (Wildman–Crippen MR) is 223 cm³/mol. The molecule has 5 heterocycles. The molecule has 0 spiro atoms. The minimum absolute atomic E-state index is 0.0830. The number of alkyl halides is 1. The molecule has 5 rings (SSSR count). The lowest BCUT2D eigenvalue weighted by atomic mass is 10.2. The fourth-order valence-electron chi connectivity index (χ4n) is 3.69. The van der Waals surface area contributed by atoms with Crippen molar-refractivity contribution >= 4 is 84.2 Å². The van der Waals surface area contributed by atoms with Crippen LogP contribution >= 0.6 is 78.2 Å². The molecule has 0 fully saturated rings. The van der Waals surface area contributed by atoms with Crippen molar-refractivity contribution in [1.29, 1.82) is 0 Å². The van der Waals surface area contributed by atoms with E-state index >= 15 is 0 Å². The van der Waals surface area contributed by atoms with Gasteiger partial charge in [-0.05, 0) is 135 Å². The number of pyridine rings is 4. The molecular formula is C35H41Br4N6O4PS. The molecule has 5 aromatic heterocycles. The van der Waals surface area contributed by atoms with E-state index in [4.69, 9.17) is 9.84 Å². The zero-order chi connectivity index (χ0) is 38.2. The quantitative estimate of drug-likeness (QED) is 0.0532. The van der Waals surface area contributed by atoms with Crippen LogP contribution in [0.3, 0.4) is 0 Å². The molecule has 5 aromatic rings. The number of ether oxygens (including phenoxy) is 1. The summed E-state index contributed by atoms with van der Waals surface area (Å²) in [6, 6.07) is 16.6. The summed E-state index contributed by atoms with van der Waals surface area (Å²) >= 11 is 14.4. The zero-order valence-electron chi connectivity index (χ0n) is 29.1. The van der Waals surface area contributed by atoms with Gasteiger partial charge < -0.3 is 14.8 Å². The number of aryl methyl sites for hydroxylation is 5. The maximum Gasteiger partial charge on any atom is 0.339 e. The molecule has 0 atom stereocenters. The molecule has 0 bridgehead atoms. The summed E-state index contributed by atoms with van der Waals surface area (Å²) in [7, 11) is 0. The Kier molecular flexibility index (Phi) is 24.9.